The Labute approximate surface area is 141 Å². The highest BCUT2D eigenvalue weighted by Gasteiger charge is 2.26. The fourth-order valence-electron chi connectivity index (χ4n) is 1.96. The predicted molar refractivity (Wildman–Crippen MR) is 82.2 cm³/mol. The van der Waals surface area contributed by atoms with Crippen molar-refractivity contribution in [2.24, 2.45) is 0 Å². The summed E-state index contributed by atoms with van der Waals surface area (Å²) >= 11 is 11.8. The van der Waals surface area contributed by atoms with Crippen LogP contribution in [-0.4, -0.2) is 16.1 Å². The van der Waals surface area contributed by atoms with Gasteiger partial charge in [-0.3, -0.25) is 0 Å². The first-order chi connectivity index (χ1) is 10.8. The zero-order chi connectivity index (χ0) is 16.9. The second-order valence-corrected chi connectivity index (χ2v) is 5.67. The van der Waals surface area contributed by atoms with Crippen molar-refractivity contribution >= 4 is 23.2 Å². The van der Waals surface area contributed by atoms with E-state index in [4.69, 9.17) is 27.9 Å². The Kier molecular flexibility index (Phi) is 6.07. The van der Waals surface area contributed by atoms with Crippen LogP contribution in [0.5, 0.6) is 11.8 Å². The van der Waals surface area contributed by atoms with Crippen LogP contribution in [0.3, 0.4) is 0 Å². The summed E-state index contributed by atoms with van der Waals surface area (Å²) in [5.74, 6) is 0.423. The summed E-state index contributed by atoms with van der Waals surface area (Å²) in [5, 5.41) is 0.805. The van der Waals surface area contributed by atoms with Crippen LogP contribution in [0.15, 0.2) is 30.6 Å². The monoisotopic (exact) mass is 364 g/mol. The molecule has 0 N–H and O–H groups in total. The summed E-state index contributed by atoms with van der Waals surface area (Å²) < 4.78 is 42.1. The molecule has 0 saturated heterocycles. The Morgan fingerprint density at radius 1 is 1.04 bits per heavy atom. The number of hydrogen-bond acceptors (Lipinski definition) is 3. The Bertz CT molecular complexity index is 648. The lowest BCUT2D eigenvalue weighted by Crippen LogP contribution is -2.06. The van der Waals surface area contributed by atoms with Crippen LogP contribution in [0.2, 0.25) is 10.0 Å². The molecule has 0 unspecified atom stereocenters. The molecule has 8 heteroatoms. The van der Waals surface area contributed by atoms with Crippen molar-refractivity contribution in [3.05, 3.63) is 46.2 Å². The quantitative estimate of drug-likeness (QED) is 0.603. The molecule has 0 amide bonds. The van der Waals surface area contributed by atoms with Crippen molar-refractivity contribution in [2.75, 3.05) is 0 Å². The van der Waals surface area contributed by atoms with Gasteiger partial charge in [0, 0.05) is 17.0 Å². The van der Waals surface area contributed by atoms with Crippen molar-refractivity contribution < 1.29 is 17.9 Å². The lowest BCUT2D eigenvalue weighted by atomic mass is 10.1. The number of hydrogen-bond donors (Lipinski definition) is 0. The number of halogens is 5. The largest absolute Gasteiger partial charge is 0.424 e. The second-order valence-electron chi connectivity index (χ2n) is 4.82. The first kappa shape index (κ1) is 17.8. The lowest BCUT2D eigenvalue weighted by molar-refractivity contribution is -0.135. The zero-order valence-corrected chi connectivity index (χ0v) is 13.4. The molecule has 0 aliphatic rings. The molecule has 0 aliphatic carbocycles. The Hall–Kier alpha value is -1.53. The highest BCUT2D eigenvalue weighted by molar-refractivity contribution is 6.31. The highest BCUT2D eigenvalue weighted by Crippen LogP contribution is 2.31. The molecule has 0 fully saturated rings. The van der Waals surface area contributed by atoms with Crippen LogP contribution in [-0.2, 0) is 6.42 Å². The fourth-order valence-corrected chi connectivity index (χ4v) is 2.31. The van der Waals surface area contributed by atoms with Crippen LogP contribution in [0, 0.1) is 0 Å². The first-order valence-electron chi connectivity index (χ1n) is 6.85. The van der Waals surface area contributed by atoms with E-state index in [1.807, 2.05) is 0 Å². The summed E-state index contributed by atoms with van der Waals surface area (Å²) in [7, 11) is 0. The zero-order valence-electron chi connectivity index (χ0n) is 11.9. The number of alkyl halides is 3. The molecule has 124 valence electrons. The Balaban J connectivity index is 2.05. The number of aromatic nitrogens is 2. The molecule has 3 nitrogen and oxygen atoms in total. The average molecular weight is 365 g/mol. The third kappa shape index (κ3) is 5.88. The normalized spacial score (nSPS) is 11.5. The molecular weight excluding hydrogens is 352 g/mol. The maximum atomic E-state index is 12.2. The summed E-state index contributed by atoms with van der Waals surface area (Å²) in [5.41, 5.74) is 0.634. The van der Waals surface area contributed by atoms with Gasteiger partial charge in [-0.05, 0) is 31.4 Å². The van der Waals surface area contributed by atoms with Crippen LogP contribution in [0.1, 0.15) is 24.8 Å². The smallest absolute Gasteiger partial charge is 0.389 e. The predicted octanol–water partition coefficient (Wildman–Crippen LogP) is 5.85. The van der Waals surface area contributed by atoms with E-state index < -0.39 is 12.6 Å². The first-order valence-corrected chi connectivity index (χ1v) is 7.60. The third-order valence-electron chi connectivity index (χ3n) is 3.01. The van der Waals surface area contributed by atoms with E-state index in [1.165, 1.54) is 12.4 Å². The molecule has 1 aromatic heterocycles. The average Bonchev–Trinajstić information content (AvgIpc) is 2.47. The molecule has 0 saturated carbocycles. The number of nitrogens with zero attached hydrogens (tertiary/aromatic N) is 2. The Morgan fingerprint density at radius 2 is 1.74 bits per heavy atom. The topological polar surface area (TPSA) is 35.0 Å². The van der Waals surface area contributed by atoms with Gasteiger partial charge in [0.25, 0.3) is 0 Å². The number of unbranched alkanes of at least 4 members (excludes halogenated alkanes) is 1. The van der Waals surface area contributed by atoms with Gasteiger partial charge in [0.1, 0.15) is 5.75 Å². The van der Waals surface area contributed by atoms with E-state index in [0.29, 0.717) is 34.2 Å². The van der Waals surface area contributed by atoms with Gasteiger partial charge in [-0.15, -0.1) is 0 Å². The Morgan fingerprint density at radius 3 is 2.39 bits per heavy atom. The van der Waals surface area contributed by atoms with E-state index in [0.717, 1.165) is 0 Å². The van der Waals surface area contributed by atoms with Gasteiger partial charge in [-0.1, -0.05) is 29.3 Å². The minimum absolute atomic E-state index is 0.0333. The van der Waals surface area contributed by atoms with Crippen molar-refractivity contribution in [3.8, 4) is 11.8 Å². The van der Waals surface area contributed by atoms with Gasteiger partial charge in [0.2, 0.25) is 0 Å². The van der Waals surface area contributed by atoms with Crippen LogP contribution in [0.25, 0.3) is 0 Å². The van der Waals surface area contributed by atoms with Gasteiger partial charge in [-0.25, -0.2) is 9.97 Å². The van der Waals surface area contributed by atoms with Crippen molar-refractivity contribution in [3.63, 3.8) is 0 Å². The van der Waals surface area contributed by atoms with Crippen molar-refractivity contribution in [1.29, 1.82) is 0 Å². The van der Waals surface area contributed by atoms with Gasteiger partial charge in [-0.2, -0.15) is 13.2 Å². The van der Waals surface area contributed by atoms with E-state index >= 15 is 0 Å². The van der Waals surface area contributed by atoms with E-state index in [9.17, 15) is 13.2 Å². The SMILES string of the molecule is FC(F)(F)CCCCc1c(Cl)cccc1Oc1ncc(Cl)cn1. The minimum Gasteiger partial charge on any atom is -0.424 e. The highest BCUT2D eigenvalue weighted by atomic mass is 35.5. The summed E-state index contributed by atoms with van der Waals surface area (Å²) in [6.45, 7) is 0. The fraction of sp³-hybridized carbons (Fsp3) is 0.333. The van der Waals surface area contributed by atoms with E-state index in [2.05, 4.69) is 9.97 Å². The minimum atomic E-state index is -4.14. The molecule has 23 heavy (non-hydrogen) atoms. The molecule has 0 bridgehead atoms. The van der Waals surface area contributed by atoms with Gasteiger partial charge >= 0.3 is 12.2 Å². The molecule has 1 aromatic carbocycles. The van der Waals surface area contributed by atoms with Crippen molar-refractivity contribution in [2.45, 2.75) is 31.9 Å². The third-order valence-corrected chi connectivity index (χ3v) is 3.56. The number of ether oxygens (including phenoxy) is 1. The molecule has 0 aliphatic heterocycles. The van der Waals surface area contributed by atoms with E-state index in [-0.39, 0.29) is 12.4 Å². The molecule has 1 heterocycles. The van der Waals surface area contributed by atoms with Crippen LogP contribution in [0.4, 0.5) is 13.2 Å². The maximum Gasteiger partial charge on any atom is 0.389 e. The summed E-state index contributed by atoms with van der Waals surface area (Å²) in [6.07, 6.45) is -1.43. The van der Waals surface area contributed by atoms with Crippen LogP contribution >= 0.6 is 23.2 Å². The molecular formula is C15H13Cl2F3N2O. The van der Waals surface area contributed by atoms with Gasteiger partial charge in [0.15, 0.2) is 0 Å². The maximum absolute atomic E-state index is 12.2. The second kappa shape index (κ2) is 7.84. The van der Waals surface area contributed by atoms with Crippen molar-refractivity contribution in [1.82, 2.24) is 9.97 Å². The van der Waals surface area contributed by atoms with Crippen LogP contribution < -0.4 is 4.74 Å². The number of benzene rings is 1. The summed E-state index contributed by atoms with van der Waals surface area (Å²) in [4.78, 5) is 7.83. The molecule has 0 radical (unpaired) electrons. The molecule has 0 spiro atoms. The van der Waals surface area contributed by atoms with Gasteiger partial charge in [0.05, 0.1) is 17.4 Å². The van der Waals surface area contributed by atoms with Gasteiger partial charge < -0.3 is 4.74 Å². The van der Waals surface area contributed by atoms with E-state index in [1.54, 1.807) is 18.2 Å². The number of rotatable bonds is 6. The molecule has 2 rings (SSSR count). The molecule has 2 aromatic rings. The standard InChI is InChI=1S/C15H13Cl2F3N2O/c16-10-8-21-14(22-9-10)23-13-6-3-5-12(17)11(13)4-1-2-7-15(18,19)20/h3,5-6,8-9H,1-2,4,7H2. The summed E-state index contributed by atoms with van der Waals surface area (Å²) in [6, 6.07) is 5.11. The molecule has 0 atom stereocenters. The lowest BCUT2D eigenvalue weighted by Gasteiger charge is -2.12.